The Morgan fingerprint density at radius 2 is 1.25 bits per heavy atom. The van der Waals surface area contributed by atoms with Crippen LogP contribution < -0.4 is 17.0 Å². The zero-order chi connectivity index (χ0) is 23.6. The van der Waals surface area contributed by atoms with Crippen LogP contribution in [0.1, 0.15) is 5.56 Å². The summed E-state index contributed by atoms with van der Waals surface area (Å²) in [4.78, 5) is 0. The van der Waals surface area contributed by atoms with Gasteiger partial charge in [0.15, 0.2) is 12.7 Å². The summed E-state index contributed by atoms with van der Waals surface area (Å²) in [5.74, 6) is 0.294. The lowest BCUT2D eigenvalue weighted by Gasteiger charge is -2.08. The Balaban J connectivity index is 0.00000267. The number of aromatic hydroxyl groups is 1. The van der Waals surface area contributed by atoms with E-state index < -0.39 is 0 Å². The number of hydrogen-bond donors (Lipinski definition) is 1. The van der Waals surface area contributed by atoms with Crippen molar-refractivity contribution in [3.05, 3.63) is 139 Å². The number of fused-ring (bicyclic) bond motifs is 1. The molecular formula is C32H25ClN2O. The minimum absolute atomic E-state index is 0. The molecule has 0 aliphatic rings. The van der Waals surface area contributed by atoms with Gasteiger partial charge in [0.05, 0.1) is 16.8 Å². The Labute approximate surface area is 217 Å². The van der Waals surface area contributed by atoms with Crippen molar-refractivity contribution in [3.8, 4) is 39.4 Å². The summed E-state index contributed by atoms with van der Waals surface area (Å²) < 4.78 is 4.35. The summed E-state index contributed by atoms with van der Waals surface area (Å²) in [6.45, 7) is 0.777. The minimum Gasteiger partial charge on any atom is -1.00 e. The molecule has 3 heterocycles. The predicted molar refractivity (Wildman–Crippen MR) is 141 cm³/mol. The van der Waals surface area contributed by atoms with Crippen molar-refractivity contribution in [2.24, 2.45) is 0 Å². The fourth-order valence-corrected chi connectivity index (χ4v) is 4.81. The summed E-state index contributed by atoms with van der Waals surface area (Å²) in [5.41, 5.74) is 8.08. The lowest BCUT2D eigenvalue weighted by Crippen LogP contribution is -3.00. The maximum absolute atomic E-state index is 11.5. The molecule has 0 bridgehead atoms. The fourth-order valence-electron chi connectivity index (χ4n) is 4.81. The van der Waals surface area contributed by atoms with Crippen molar-refractivity contribution >= 4 is 5.52 Å². The van der Waals surface area contributed by atoms with Gasteiger partial charge in [0.2, 0.25) is 5.69 Å². The van der Waals surface area contributed by atoms with E-state index in [0.29, 0.717) is 5.75 Å². The normalized spacial score (nSPS) is 10.8. The van der Waals surface area contributed by atoms with Gasteiger partial charge in [0.25, 0.3) is 0 Å². The average Bonchev–Trinajstić information content (AvgIpc) is 3.22. The molecule has 0 fully saturated rings. The van der Waals surface area contributed by atoms with Crippen LogP contribution in [0.2, 0.25) is 0 Å². The molecule has 0 saturated heterocycles. The molecule has 6 rings (SSSR count). The van der Waals surface area contributed by atoms with Gasteiger partial charge in [0, 0.05) is 29.5 Å². The summed E-state index contributed by atoms with van der Waals surface area (Å²) in [6, 6.07) is 41.3. The van der Waals surface area contributed by atoms with E-state index in [1.807, 2.05) is 54.6 Å². The smallest absolute Gasteiger partial charge is 0.212 e. The van der Waals surface area contributed by atoms with Gasteiger partial charge in [0.1, 0.15) is 5.75 Å². The Bertz CT molecular complexity index is 1610. The number of benzene rings is 3. The average molecular weight is 489 g/mol. The van der Waals surface area contributed by atoms with Crippen LogP contribution in [0.25, 0.3) is 39.2 Å². The van der Waals surface area contributed by atoms with Crippen LogP contribution in [0.3, 0.4) is 0 Å². The van der Waals surface area contributed by atoms with E-state index >= 15 is 0 Å². The van der Waals surface area contributed by atoms with Gasteiger partial charge in [-0.3, -0.25) is 0 Å². The van der Waals surface area contributed by atoms with Gasteiger partial charge >= 0.3 is 0 Å². The van der Waals surface area contributed by atoms with E-state index in [9.17, 15) is 5.11 Å². The third kappa shape index (κ3) is 4.26. The van der Waals surface area contributed by atoms with Gasteiger partial charge in [-0.2, -0.15) is 4.57 Å². The van der Waals surface area contributed by atoms with Crippen molar-refractivity contribution in [2.75, 3.05) is 0 Å². The molecule has 1 N–H and O–H groups in total. The SMILES string of the molecule is Oc1c(-c2ccccc2)c(-c2ccccc2)n2ccc(-c3cccc[n+]3Cc3ccccc3)cc12.[Cl-]. The van der Waals surface area contributed by atoms with Crippen LogP contribution in [-0.2, 0) is 6.54 Å². The largest absolute Gasteiger partial charge is 1.00 e. The van der Waals surface area contributed by atoms with E-state index in [1.54, 1.807) is 0 Å². The zero-order valence-corrected chi connectivity index (χ0v) is 20.4. The standard InChI is InChI=1S/C32H24N2O.ClH/c35-32-29-22-27(28-18-10-11-20-33(28)23-24-12-4-1-5-13-24)19-21-34(29)31(26-16-8-3-9-17-26)30(32)25-14-6-2-7-15-25;/h1-22H,23H2;1H. The van der Waals surface area contributed by atoms with Crippen LogP contribution in [0.4, 0.5) is 0 Å². The first-order valence-corrected chi connectivity index (χ1v) is 11.8. The van der Waals surface area contributed by atoms with Crippen molar-refractivity contribution < 1.29 is 22.1 Å². The summed E-state index contributed by atoms with van der Waals surface area (Å²) in [7, 11) is 0. The highest BCUT2D eigenvalue weighted by atomic mass is 35.5. The van der Waals surface area contributed by atoms with E-state index in [2.05, 4.69) is 88.1 Å². The Morgan fingerprint density at radius 1 is 0.639 bits per heavy atom. The molecule has 0 radical (unpaired) electrons. The second kappa shape index (κ2) is 10.1. The number of hydrogen-bond acceptors (Lipinski definition) is 1. The number of nitrogens with zero attached hydrogens (tertiary/aromatic N) is 2. The number of aromatic nitrogens is 2. The first-order chi connectivity index (χ1) is 17.3. The summed E-state index contributed by atoms with van der Waals surface area (Å²) in [5, 5.41) is 11.5. The van der Waals surface area contributed by atoms with E-state index in [0.717, 1.165) is 45.7 Å². The molecule has 6 aromatic rings. The Kier molecular flexibility index (Phi) is 6.57. The molecule has 0 amide bonds. The van der Waals surface area contributed by atoms with Gasteiger partial charge in [-0.1, -0.05) is 91.0 Å². The van der Waals surface area contributed by atoms with Crippen LogP contribution in [0, 0.1) is 0 Å². The summed E-state index contributed by atoms with van der Waals surface area (Å²) in [6.07, 6.45) is 4.17. The lowest BCUT2D eigenvalue weighted by molar-refractivity contribution is -0.677. The highest BCUT2D eigenvalue weighted by molar-refractivity contribution is 5.94. The van der Waals surface area contributed by atoms with Gasteiger partial charge in [-0.25, -0.2) is 0 Å². The van der Waals surface area contributed by atoms with E-state index in [4.69, 9.17) is 0 Å². The van der Waals surface area contributed by atoms with E-state index in [1.165, 1.54) is 5.56 Å². The number of pyridine rings is 2. The quantitative estimate of drug-likeness (QED) is 0.365. The number of halogens is 1. The van der Waals surface area contributed by atoms with E-state index in [-0.39, 0.29) is 12.4 Å². The highest BCUT2D eigenvalue weighted by Crippen LogP contribution is 2.44. The molecule has 176 valence electrons. The van der Waals surface area contributed by atoms with Crippen molar-refractivity contribution in [3.63, 3.8) is 0 Å². The highest BCUT2D eigenvalue weighted by Gasteiger charge is 2.22. The molecule has 3 nitrogen and oxygen atoms in total. The first kappa shape index (κ1) is 23.4. The van der Waals surface area contributed by atoms with Crippen molar-refractivity contribution in [2.45, 2.75) is 6.54 Å². The molecule has 3 aromatic carbocycles. The third-order valence-electron chi connectivity index (χ3n) is 6.45. The Morgan fingerprint density at radius 3 is 1.94 bits per heavy atom. The van der Waals surface area contributed by atoms with Gasteiger partial charge in [-0.05, 0) is 29.3 Å². The molecule has 0 aliphatic carbocycles. The zero-order valence-electron chi connectivity index (χ0n) is 19.6. The molecule has 3 aromatic heterocycles. The second-order valence-electron chi connectivity index (χ2n) is 8.67. The topological polar surface area (TPSA) is 28.5 Å². The molecule has 0 unspecified atom stereocenters. The summed E-state index contributed by atoms with van der Waals surface area (Å²) >= 11 is 0. The minimum atomic E-state index is 0. The fraction of sp³-hybridized carbons (Fsp3) is 0.0312. The maximum Gasteiger partial charge on any atom is 0.212 e. The molecule has 0 atom stereocenters. The molecule has 0 aliphatic heterocycles. The molecule has 0 saturated carbocycles. The van der Waals surface area contributed by atoms with Gasteiger partial charge in [-0.15, -0.1) is 0 Å². The monoisotopic (exact) mass is 488 g/mol. The molecule has 36 heavy (non-hydrogen) atoms. The predicted octanol–water partition coefficient (Wildman–Crippen LogP) is 3.99. The Hall–Kier alpha value is -4.34. The molecular weight excluding hydrogens is 464 g/mol. The van der Waals surface area contributed by atoms with Crippen LogP contribution in [0.5, 0.6) is 5.75 Å². The third-order valence-corrected chi connectivity index (χ3v) is 6.45. The lowest BCUT2D eigenvalue weighted by atomic mass is 10.0. The van der Waals surface area contributed by atoms with Crippen LogP contribution in [-0.4, -0.2) is 9.51 Å². The number of rotatable bonds is 5. The van der Waals surface area contributed by atoms with Crippen LogP contribution in [0.15, 0.2) is 134 Å². The molecule has 4 heteroatoms. The first-order valence-electron chi connectivity index (χ1n) is 11.8. The second-order valence-corrected chi connectivity index (χ2v) is 8.67. The van der Waals surface area contributed by atoms with Crippen molar-refractivity contribution in [1.29, 1.82) is 0 Å². The van der Waals surface area contributed by atoms with Gasteiger partial charge < -0.3 is 21.9 Å². The molecule has 0 spiro atoms. The van der Waals surface area contributed by atoms with Crippen molar-refractivity contribution in [1.82, 2.24) is 4.40 Å². The maximum atomic E-state index is 11.5. The van der Waals surface area contributed by atoms with Crippen LogP contribution >= 0.6 is 0 Å².